The van der Waals surface area contributed by atoms with Crippen LogP contribution >= 0.6 is 23.2 Å². The highest BCUT2D eigenvalue weighted by Gasteiger charge is 2.13. The summed E-state index contributed by atoms with van der Waals surface area (Å²) in [7, 11) is 3.79. The molecule has 2 rings (SSSR count). The zero-order valence-corrected chi connectivity index (χ0v) is 11.6. The van der Waals surface area contributed by atoms with Crippen molar-refractivity contribution in [3.05, 3.63) is 52.3 Å². The molecule has 0 aliphatic carbocycles. The van der Waals surface area contributed by atoms with Crippen molar-refractivity contribution in [3.8, 4) is 11.1 Å². The van der Waals surface area contributed by atoms with Gasteiger partial charge in [0.25, 0.3) is 0 Å². The van der Waals surface area contributed by atoms with Crippen molar-refractivity contribution in [2.24, 2.45) is 0 Å². The number of halogens is 3. The molecule has 0 spiro atoms. The van der Waals surface area contributed by atoms with Gasteiger partial charge in [0, 0.05) is 41.0 Å². The Morgan fingerprint density at radius 3 is 2.17 bits per heavy atom. The Morgan fingerprint density at radius 1 is 1.00 bits per heavy atom. The summed E-state index contributed by atoms with van der Waals surface area (Å²) in [6.07, 6.45) is 0. The van der Waals surface area contributed by atoms with Crippen molar-refractivity contribution >= 4 is 28.9 Å². The molecular weight excluding hydrogens is 272 g/mol. The van der Waals surface area contributed by atoms with E-state index in [0.717, 1.165) is 5.69 Å². The molecule has 0 N–H and O–H groups in total. The van der Waals surface area contributed by atoms with Gasteiger partial charge in [0.05, 0.1) is 0 Å². The zero-order chi connectivity index (χ0) is 13.3. The maximum absolute atomic E-state index is 13.9. The molecule has 0 saturated carbocycles. The normalized spacial score (nSPS) is 10.5. The molecule has 0 aromatic heterocycles. The maximum atomic E-state index is 13.9. The van der Waals surface area contributed by atoms with E-state index in [-0.39, 0.29) is 5.82 Å². The van der Waals surface area contributed by atoms with Crippen molar-refractivity contribution in [2.75, 3.05) is 19.0 Å². The molecule has 0 atom stereocenters. The predicted octanol–water partition coefficient (Wildman–Crippen LogP) is 4.87. The van der Waals surface area contributed by atoms with Crippen LogP contribution in [0.15, 0.2) is 36.4 Å². The second kappa shape index (κ2) is 5.17. The standard InChI is InChI=1S/C14H12Cl2FN/c1-18(2)9-6-7-13(17)10(8-9)14-11(15)4-3-5-12(14)16/h3-8H,1-2H3. The van der Waals surface area contributed by atoms with Crippen LogP contribution < -0.4 is 4.90 Å². The molecule has 1 nitrogen and oxygen atoms in total. The molecule has 0 aliphatic heterocycles. The number of rotatable bonds is 2. The zero-order valence-electron chi connectivity index (χ0n) is 10.0. The summed E-state index contributed by atoms with van der Waals surface area (Å²) in [6, 6.07) is 10.0. The topological polar surface area (TPSA) is 3.24 Å². The minimum atomic E-state index is -0.337. The van der Waals surface area contributed by atoms with Crippen molar-refractivity contribution < 1.29 is 4.39 Å². The van der Waals surface area contributed by atoms with Crippen LogP contribution in [0.25, 0.3) is 11.1 Å². The first kappa shape index (κ1) is 13.2. The fraction of sp³-hybridized carbons (Fsp3) is 0.143. The second-order valence-corrected chi connectivity index (χ2v) is 4.97. The quantitative estimate of drug-likeness (QED) is 0.760. The number of hydrogen-bond donors (Lipinski definition) is 0. The highest BCUT2D eigenvalue weighted by Crippen LogP contribution is 2.37. The minimum Gasteiger partial charge on any atom is -0.378 e. The predicted molar refractivity (Wildman–Crippen MR) is 76.2 cm³/mol. The van der Waals surface area contributed by atoms with E-state index >= 15 is 0 Å². The Labute approximate surface area is 116 Å². The van der Waals surface area contributed by atoms with Crippen LogP contribution in [-0.4, -0.2) is 14.1 Å². The van der Waals surface area contributed by atoms with Crippen LogP contribution in [0.2, 0.25) is 10.0 Å². The van der Waals surface area contributed by atoms with E-state index in [1.807, 2.05) is 19.0 Å². The Bertz CT molecular complexity index is 562. The molecule has 2 aromatic rings. The average Bonchev–Trinajstić information content (AvgIpc) is 2.30. The van der Waals surface area contributed by atoms with Gasteiger partial charge in [0.15, 0.2) is 0 Å². The van der Waals surface area contributed by atoms with E-state index in [2.05, 4.69) is 0 Å². The third kappa shape index (κ3) is 2.45. The highest BCUT2D eigenvalue weighted by atomic mass is 35.5. The number of hydrogen-bond acceptors (Lipinski definition) is 1. The first-order chi connectivity index (χ1) is 8.50. The van der Waals surface area contributed by atoms with Crippen molar-refractivity contribution in [2.45, 2.75) is 0 Å². The van der Waals surface area contributed by atoms with Crippen molar-refractivity contribution in [1.29, 1.82) is 0 Å². The van der Waals surface area contributed by atoms with Gasteiger partial charge in [0.1, 0.15) is 5.82 Å². The van der Waals surface area contributed by atoms with Gasteiger partial charge in [-0.15, -0.1) is 0 Å². The Balaban J connectivity index is 2.67. The van der Waals surface area contributed by atoms with Crippen molar-refractivity contribution in [3.63, 3.8) is 0 Å². The maximum Gasteiger partial charge on any atom is 0.131 e. The minimum absolute atomic E-state index is 0.337. The molecule has 0 fully saturated rings. The van der Waals surface area contributed by atoms with Crippen molar-refractivity contribution in [1.82, 2.24) is 0 Å². The van der Waals surface area contributed by atoms with Gasteiger partial charge in [-0.2, -0.15) is 0 Å². The van der Waals surface area contributed by atoms with Gasteiger partial charge in [-0.05, 0) is 30.3 Å². The molecule has 2 aromatic carbocycles. The number of anilines is 1. The van der Waals surface area contributed by atoms with Gasteiger partial charge >= 0.3 is 0 Å². The molecule has 0 aliphatic rings. The van der Waals surface area contributed by atoms with Crippen LogP contribution in [0.1, 0.15) is 0 Å². The molecule has 0 amide bonds. The molecule has 0 saturated heterocycles. The SMILES string of the molecule is CN(C)c1ccc(F)c(-c2c(Cl)cccc2Cl)c1. The molecule has 4 heteroatoms. The fourth-order valence-electron chi connectivity index (χ4n) is 1.74. The summed E-state index contributed by atoms with van der Waals surface area (Å²) in [5.41, 5.74) is 1.83. The largest absolute Gasteiger partial charge is 0.378 e. The summed E-state index contributed by atoms with van der Waals surface area (Å²) in [5.74, 6) is -0.337. The molecule has 0 radical (unpaired) electrons. The van der Waals surface area contributed by atoms with E-state index in [9.17, 15) is 4.39 Å². The summed E-state index contributed by atoms with van der Waals surface area (Å²) < 4.78 is 13.9. The smallest absolute Gasteiger partial charge is 0.131 e. The highest BCUT2D eigenvalue weighted by molar-refractivity contribution is 6.39. The third-order valence-corrected chi connectivity index (χ3v) is 3.33. The number of nitrogens with zero attached hydrogens (tertiary/aromatic N) is 1. The third-order valence-electron chi connectivity index (χ3n) is 2.70. The van der Waals surface area contributed by atoms with Gasteiger partial charge in [0.2, 0.25) is 0 Å². The van der Waals surface area contributed by atoms with Crippen LogP contribution in [0.3, 0.4) is 0 Å². The van der Waals surface area contributed by atoms with Crippen LogP contribution in [0.4, 0.5) is 10.1 Å². The summed E-state index contributed by atoms with van der Waals surface area (Å²) in [4.78, 5) is 1.90. The molecule has 18 heavy (non-hydrogen) atoms. The Morgan fingerprint density at radius 2 is 1.61 bits per heavy atom. The fourth-order valence-corrected chi connectivity index (χ4v) is 2.34. The monoisotopic (exact) mass is 283 g/mol. The lowest BCUT2D eigenvalue weighted by Gasteiger charge is -2.15. The van der Waals surface area contributed by atoms with Gasteiger partial charge in [-0.3, -0.25) is 0 Å². The molecule has 94 valence electrons. The molecule has 0 heterocycles. The van der Waals surface area contributed by atoms with Crippen LogP contribution in [-0.2, 0) is 0 Å². The van der Waals surface area contributed by atoms with E-state index in [4.69, 9.17) is 23.2 Å². The first-order valence-corrected chi connectivity index (χ1v) is 6.17. The van der Waals surface area contributed by atoms with E-state index < -0.39 is 0 Å². The van der Waals surface area contributed by atoms with Gasteiger partial charge < -0.3 is 4.90 Å². The van der Waals surface area contributed by atoms with Gasteiger partial charge in [-0.1, -0.05) is 29.3 Å². The second-order valence-electron chi connectivity index (χ2n) is 4.16. The van der Waals surface area contributed by atoms with E-state index in [0.29, 0.717) is 21.2 Å². The summed E-state index contributed by atoms with van der Waals surface area (Å²) in [5, 5.41) is 0.884. The lowest BCUT2D eigenvalue weighted by atomic mass is 10.0. The summed E-state index contributed by atoms with van der Waals surface area (Å²) >= 11 is 12.2. The first-order valence-electron chi connectivity index (χ1n) is 5.42. The van der Waals surface area contributed by atoms with Crippen LogP contribution in [0, 0.1) is 5.82 Å². The van der Waals surface area contributed by atoms with Gasteiger partial charge in [-0.25, -0.2) is 4.39 Å². The Kier molecular flexibility index (Phi) is 3.79. The summed E-state index contributed by atoms with van der Waals surface area (Å²) in [6.45, 7) is 0. The lowest BCUT2D eigenvalue weighted by Crippen LogP contribution is -2.08. The van der Waals surface area contributed by atoms with E-state index in [1.54, 1.807) is 30.3 Å². The van der Waals surface area contributed by atoms with E-state index in [1.165, 1.54) is 6.07 Å². The average molecular weight is 284 g/mol. The molecule has 0 bridgehead atoms. The molecular formula is C14H12Cl2FN. The molecule has 0 unspecified atom stereocenters. The lowest BCUT2D eigenvalue weighted by molar-refractivity contribution is 0.631. The van der Waals surface area contributed by atoms with Crippen LogP contribution in [0.5, 0.6) is 0 Å². The Hall–Kier alpha value is -1.25. The number of benzene rings is 2.